The van der Waals surface area contributed by atoms with Crippen LogP contribution in [0.15, 0.2) is 53.4 Å². The minimum absolute atomic E-state index is 0.0137. The summed E-state index contributed by atoms with van der Waals surface area (Å²) in [6.45, 7) is 1.14. The second kappa shape index (κ2) is 9.75. The highest BCUT2D eigenvalue weighted by Gasteiger charge is 2.57. The fourth-order valence-electron chi connectivity index (χ4n) is 3.86. The summed E-state index contributed by atoms with van der Waals surface area (Å²) in [5, 5.41) is 8.50. The van der Waals surface area contributed by atoms with Crippen molar-refractivity contribution >= 4 is 21.8 Å². The molecule has 3 rings (SSSR count). The molecule has 178 valence electrons. The Kier molecular flexibility index (Phi) is 7.23. The van der Waals surface area contributed by atoms with Crippen LogP contribution in [0.5, 0.6) is 5.75 Å². The third-order valence-electron chi connectivity index (χ3n) is 5.53. The number of carbonyl (C=O) groups is 2. The van der Waals surface area contributed by atoms with Gasteiger partial charge in [0.2, 0.25) is 0 Å². The molecule has 33 heavy (non-hydrogen) atoms. The molecule has 2 aromatic carbocycles. The maximum Gasteiger partial charge on any atom is 0.339 e. The van der Waals surface area contributed by atoms with Gasteiger partial charge in [-0.3, -0.25) is 0 Å². The van der Waals surface area contributed by atoms with Gasteiger partial charge < -0.3 is 25.2 Å². The molecule has 11 heteroatoms. The first-order chi connectivity index (χ1) is 15.6. The predicted octanol–water partition coefficient (Wildman–Crippen LogP) is 2.19. The summed E-state index contributed by atoms with van der Waals surface area (Å²) >= 11 is 0. The Morgan fingerprint density at radius 3 is 2.36 bits per heavy atom. The second-order valence-electron chi connectivity index (χ2n) is 7.60. The van der Waals surface area contributed by atoms with Crippen molar-refractivity contribution in [2.24, 2.45) is 5.73 Å². The molecular weight excluding hydrogens is 455 g/mol. The van der Waals surface area contributed by atoms with Crippen LogP contribution in [0.25, 0.3) is 0 Å². The van der Waals surface area contributed by atoms with E-state index < -0.39 is 39.2 Å². The standard InChI is InChI=1S/C22H25FN2O7S/c1-2-32-22(20(26)27)14-25(21(24)28)12-11-19(22)33(29,30)18-9-7-17(8-10-18)31-13-15-3-5-16(23)6-4-15/h3-10,19H,2,11-14H2,1H3,(H2,24,28)(H,26,27). The van der Waals surface area contributed by atoms with Gasteiger partial charge in [-0.25, -0.2) is 22.4 Å². The average molecular weight is 481 g/mol. The number of benzene rings is 2. The molecule has 2 aromatic rings. The number of halogens is 1. The van der Waals surface area contributed by atoms with E-state index in [4.69, 9.17) is 15.2 Å². The maximum atomic E-state index is 13.4. The van der Waals surface area contributed by atoms with Gasteiger partial charge in [0.15, 0.2) is 15.4 Å². The monoisotopic (exact) mass is 480 g/mol. The first-order valence-corrected chi connectivity index (χ1v) is 11.8. The van der Waals surface area contributed by atoms with Gasteiger partial charge >= 0.3 is 12.0 Å². The number of nitrogens with zero attached hydrogens (tertiary/aromatic N) is 1. The number of likely N-dealkylation sites (tertiary alicyclic amines) is 1. The van der Waals surface area contributed by atoms with E-state index in [0.717, 1.165) is 10.5 Å². The van der Waals surface area contributed by atoms with E-state index in [1.54, 1.807) is 19.1 Å². The summed E-state index contributed by atoms with van der Waals surface area (Å²) in [5.41, 5.74) is 3.88. The number of amides is 2. The van der Waals surface area contributed by atoms with Gasteiger partial charge in [0.25, 0.3) is 0 Å². The molecule has 1 aliphatic rings. The number of piperidine rings is 1. The summed E-state index contributed by atoms with van der Waals surface area (Å²) in [5.74, 6) is -1.46. The molecule has 0 aromatic heterocycles. The zero-order valence-corrected chi connectivity index (χ0v) is 18.8. The molecular formula is C22H25FN2O7S. The number of carboxylic acid groups (broad SMARTS) is 1. The smallest absolute Gasteiger partial charge is 0.339 e. The Morgan fingerprint density at radius 2 is 1.82 bits per heavy atom. The van der Waals surface area contributed by atoms with Crippen LogP contribution in [0.1, 0.15) is 18.9 Å². The molecule has 1 aliphatic heterocycles. The lowest BCUT2D eigenvalue weighted by Crippen LogP contribution is -2.66. The number of ether oxygens (including phenoxy) is 2. The zero-order valence-electron chi connectivity index (χ0n) is 17.9. The van der Waals surface area contributed by atoms with Crippen LogP contribution in [-0.4, -0.2) is 61.0 Å². The van der Waals surface area contributed by atoms with E-state index in [2.05, 4.69) is 0 Å². The van der Waals surface area contributed by atoms with Gasteiger partial charge in [0.05, 0.1) is 11.4 Å². The number of nitrogens with two attached hydrogens (primary N) is 1. The number of primary amides is 1. The maximum absolute atomic E-state index is 13.4. The molecule has 0 saturated carbocycles. The topological polar surface area (TPSA) is 136 Å². The highest BCUT2D eigenvalue weighted by atomic mass is 32.2. The number of carboxylic acids is 1. The van der Waals surface area contributed by atoms with Gasteiger partial charge in [0.1, 0.15) is 23.4 Å². The number of hydrogen-bond acceptors (Lipinski definition) is 6. The summed E-state index contributed by atoms with van der Waals surface area (Å²) in [7, 11) is -4.16. The molecule has 0 bridgehead atoms. The number of rotatable bonds is 8. The van der Waals surface area contributed by atoms with Crippen LogP contribution in [0.3, 0.4) is 0 Å². The predicted molar refractivity (Wildman–Crippen MR) is 116 cm³/mol. The second-order valence-corrected chi connectivity index (χ2v) is 9.73. The van der Waals surface area contributed by atoms with Crippen LogP contribution in [0, 0.1) is 5.82 Å². The largest absolute Gasteiger partial charge is 0.489 e. The lowest BCUT2D eigenvalue weighted by atomic mass is 9.92. The third kappa shape index (κ3) is 5.09. The molecule has 2 unspecified atom stereocenters. The molecule has 1 heterocycles. The van der Waals surface area contributed by atoms with E-state index in [9.17, 15) is 27.5 Å². The van der Waals surface area contributed by atoms with Crippen molar-refractivity contribution in [3.8, 4) is 5.75 Å². The highest BCUT2D eigenvalue weighted by molar-refractivity contribution is 7.92. The average Bonchev–Trinajstić information content (AvgIpc) is 2.78. The van der Waals surface area contributed by atoms with Crippen LogP contribution in [-0.2, 0) is 26.0 Å². The van der Waals surface area contributed by atoms with Crippen LogP contribution < -0.4 is 10.5 Å². The van der Waals surface area contributed by atoms with Gasteiger partial charge in [-0.15, -0.1) is 0 Å². The van der Waals surface area contributed by atoms with Crippen molar-refractivity contribution in [1.82, 2.24) is 4.90 Å². The van der Waals surface area contributed by atoms with Crippen molar-refractivity contribution in [1.29, 1.82) is 0 Å². The minimum Gasteiger partial charge on any atom is -0.489 e. The Hall–Kier alpha value is -3.18. The van der Waals surface area contributed by atoms with Crippen molar-refractivity contribution in [2.75, 3.05) is 19.7 Å². The fourth-order valence-corrected chi connectivity index (χ4v) is 5.87. The normalized spacial score (nSPS) is 20.9. The molecule has 0 spiro atoms. The van der Waals surface area contributed by atoms with E-state index in [1.807, 2.05) is 0 Å². The van der Waals surface area contributed by atoms with E-state index in [0.29, 0.717) is 5.75 Å². The Balaban J connectivity index is 1.84. The Morgan fingerprint density at radius 1 is 1.18 bits per heavy atom. The highest BCUT2D eigenvalue weighted by Crippen LogP contribution is 2.35. The lowest BCUT2D eigenvalue weighted by molar-refractivity contribution is -0.170. The molecule has 2 atom stereocenters. The van der Waals surface area contributed by atoms with Crippen LogP contribution in [0.4, 0.5) is 9.18 Å². The van der Waals surface area contributed by atoms with Gasteiger partial charge in [-0.1, -0.05) is 12.1 Å². The Labute approximate surface area is 190 Å². The van der Waals surface area contributed by atoms with Crippen molar-refractivity contribution < 1.29 is 37.0 Å². The van der Waals surface area contributed by atoms with E-state index >= 15 is 0 Å². The molecule has 9 nitrogen and oxygen atoms in total. The van der Waals surface area contributed by atoms with Gasteiger partial charge in [0, 0.05) is 13.2 Å². The molecule has 0 aliphatic carbocycles. The number of carbonyl (C=O) groups excluding carboxylic acids is 1. The van der Waals surface area contributed by atoms with E-state index in [-0.39, 0.29) is 36.9 Å². The van der Waals surface area contributed by atoms with Crippen LogP contribution >= 0.6 is 0 Å². The Bertz CT molecular complexity index is 1110. The number of hydrogen-bond donors (Lipinski definition) is 2. The lowest BCUT2D eigenvalue weighted by Gasteiger charge is -2.43. The van der Waals surface area contributed by atoms with Crippen LogP contribution in [0.2, 0.25) is 0 Å². The van der Waals surface area contributed by atoms with Crippen molar-refractivity contribution in [3.63, 3.8) is 0 Å². The minimum atomic E-state index is -4.16. The summed E-state index contributed by atoms with van der Waals surface area (Å²) < 4.78 is 50.9. The number of aliphatic carboxylic acids is 1. The summed E-state index contributed by atoms with van der Waals surface area (Å²) in [4.78, 5) is 24.8. The quantitative estimate of drug-likeness (QED) is 0.591. The fraction of sp³-hybridized carbons (Fsp3) is 0.364. The van der Waals surface area contributed by atoms with E-state index in [1.165, 1.54) is 36.4 Å². The van der Waals surface area contributed by atoms with Gasteiger partial charge in [-0.2, -0.15) is 0 Å². The molecule has 1 fully saturated rings. The first-order valence-electron chi connectivity index (χ1n) is 10.2. The molecule has 3 N–H and O–H groups in total. The van der Waals surface area contributed by atoms with Crippen molar-refractivity contribution in [2.45, 2.75) is 35.7 Å². The molecule has 1 saturated heterocycles. The molecule has 2 amide bonds. The summed E-state index contributed by atoms with van der Waals surface area (Å²) in [6, 6.07) is 10.5. The third-order valence-corrected chi connectivity index (χ3v) is 7.82. The van der Waals surface area contributed by atoms with Gasteiger partial charge in [-0.05, 0) is 55.3 Å². The first kappa shape index (κ1) is 24.5. The molecule has 0 radical (unpaired) electrons. The zero-order chi connectivity index (χ0) is 24.2. The van der Waals surface area contributed by atoms with Crippen molar-refractivity contribution in [3.05, 3.63) is 59.9 Å². The SMILES string of the molecule is CCOC1(C(=O)O)CN(C(N)=O)CCC1S(=O)(=O)c1ccc(OCc2ccc(F)cc2)cc1. The number of sulfone groups is 1. The number of urea groups is 1. The summed E-state index contributed by atoms with van der Waals surface area (Å²) in [6.07, 6.45) is -0.152.